The molecule has 158 valence electrons. The third kappa shape index (κ3) is 2.63. The van der Waals surface area contributed by atoms with Crippen LogP contribution in [0, 0.1) is 17.7 Å². The van der Waals surface area contributed by atoms with Crippen molar-refractivity contribution < 1.29 is 18.7 Å². The molecule has 2 aliphatic carbocycles. The summed E-state index contributed by atoms with van der Waals surface area (Å²) in [4.78, 5) is 12.1. The van der Waals surface area contributed by atoms with E-state index in [1.165, 1.54) is 30.4 Å². The van der Waals surface area contributed by atoms with Crippen LogP contribution in [-0.4, -0.2) is 28.8 Å². The zero-order valence-electron chi connectivity index (χ0n) is 17.5. The highest BCUT2D eigenvalue weighted by atomic mass is 19.1. The van der Waals surface area contributed by atoms with Crippen LogP contribution < -0.4 is 0 Å². The molecular weight excluding hydrogens is 405 g/mol. The Morgan fingerprint density at radius 3 is 2.78 bits per heavy atom. The number of methoxy groups -OCH3 is 1. The van der Waals surface area contributed by atoms with E-state index in [2.05, 4.69) is 28.6 Å². The summed E-state index contributed by atoms with van der Waals surface area (Å²) in [6, 6.07) is 15.9. The normalized spacial score (nSPS) is 24.4. The maximum Gasteiger partial charge on any atom is 0.339 e. The molecule has 2 fully saturated rings. The number of esters is 1. The van der Waals surface area contributed by atoms with Crippen LogP contribution in [0.25, 0.3) is 11.8 Å². The zero-order valence-corrected chi connectivity index (χ0v) is 17.5. The number of epoxide rings is 1. The summed E-state index contributed by atoms with van der Waals surface area (Å²) in [6.45, 7) is 0. The van der Waals surface area contributed by atoms with Crippen molar-refractivity contribution in [2.45, 2.75) is 30.5 Å². The van der Waals surface area contributed by atoms with Gasteiger partial charge in [-0.3, -0.25) is 0 Å². The minimum atomic E-state index is -0.516. The summed E-state index contributed by atoms with van der Waals surface area (Å²) in [6.07, 6.45) is 6.74. The Hall–Kier alpha value is -3.62. The van der Waals surface area contributed by atoms with Gasteiger partial charge < -0.3 is 14.0 Å². The van der Waals surface area contributed by atoms with E-state index in [-0.39, 0.29) is 11.4 Å². The first-order valence-electron chi connectivity index (χ1n) is 10.6. The molecule has 2 atom stereocenters. The Balaban J connectivity index is 1.34. The van der Waals surface area contributed by atoms with Crippen molar-refractivity contribution in [3.63, 3.8) is 0 Å². The Morgan fingerprint density at radius 2 is 1.97 bits per heavy atom. The average molecular weight is 425 g/mol. The van der Waals surface area contributed by atoms with Crippen LogP contribution in [-0.2, 0) is 15.9 Å². The lowest BCUT2D eigenvalue weighted by Gasteiger charge is -2.20. The van der Waals surface area contributed by atoms with Gasteiger partial charge in [0.1, 0.15) is 11.4 Å². The molecular formula is C27H20FNO3. The van der Waals surface area contributed by atoms with Crippen LogP contribution >= 0.6 is 0 Å². The van der Waals surface area contributed by atoms with Crippen LogP contribution in [0.1, 0.15) is 40.0 Å². The summed E-state index contributed by atoms with van der Waals surface area (Å²) in [7, 11) is 1.37. The summed E-state index contributed by atoms with van der Waals surface area (Å²) in [5.74, 6) is 5.92. The topological polar surface area (TPSA) is 43.8 Å². The second-order valence-corrected chi connectivity index (χ2v) is 8.46. The molecule has 2 unspecified atom stereocenters. The number of carbonyl (C=O) groups is 1. The van der Waals surface area contributed by atoms with Crippen molar-refractivity contribution in [1.82, 2.24) is 4.57 Å². The van der Waals surface area contributed by atoms with Crippen molar-refractivity contribution in [2.75, 3.05) is 7.11 Å². The van der Waals surface area contributed by atoms with Crippen LogP contribution in [0.3, 0.4) is 0 Å². The van der Waals surface area contributed by atoms with E-state index in [0.29, 0.717) is 11.1 Å². The maximum absolute atomic E-state index is 13.4. The molecule has 0 bridgehead atoms. The average Bonchev–Trinajstić information content (AvgIpc) is 3.09. The van der Waals surface area contributed by atoms with Gasteiger partial charge in [-0.1, -0.05) is 24.0 Å². The molecule has 1 spiro atoms. The molecule has 2 heterocycles. The van der Waals surface area contributed by atoms with E-state index in [1.54, 1.807) is 24.3 Å². The molecule has 32 heavy (non-hydrogen) atoms. The summed E-state index contributed by atoms with van der Waals surface area (Å²) < 4.78 is 26.7. The monoisotopic (exact) mass is 425 g/mol. The van der Waals surface area contributed by atoms with Gasteiger partial charge in [0.05, 0.1) is 12.7 Å². The first kappa shape index (κ1) is 19.1. The number of nitrogens with zero attached hydrogens (tertiary/aromatic N) is 1. The van der Waals surface area contributed by atoms with Crippen molar-refractivity contribution in [1.29, 1.82) is 0 Å². The number of rotatable bonds is 2. The SMILES string of the molecule is COC(=O)c1ccccc1C#CC12CCC3=Cc4c(ccn4-c4ccc(F)cc4)CC31O2. The molecule has 3 aliphatic rings. The standard InChI is InChI=1S/C27H20FNO3/c1-31-25(30)23-5-3-2-4-18(23)10-13-26-14-11-20-16-24-19(17-27(20,26)32-26)12-15-29(24)22-8-6-21(28)7-9-22/h2-9,12,15-16H,11,14,17H2,1H3. The van der Waals surface area contributed by atoms with Crippen LogP contribution in [0.15, 0.2) is 66.4 Å². The Morgan fingerprint density at radius 1 is 1.16 bits per heavy atom. The zero-order chi connectivity index (χ0) is 21.9. The Labute approximate surface area is 185 Å². The van der Waals surface area contributed by atoms with Gasteiger partial charge >= 0.3 is 5.97 Å². The number of halogens is 1. The third-order valence-corrected chi connectivity index (χ3v) is 6.82. The predicted molar refractivity (Wildman–Crippen MR) is 118 cm³/mol. The highest BCUT2D eigenvalue weighted by Gasteiger charge is 2.75. The smallest absolute Gasteiger partial charge is 0.339 e. The highest BCUT2D eigenvalue weighted by molar-refractivity contribution is 5.92. The van der Waals surface area contributed by atoms with Gasteiger partial charge in [0.25, 0.3) is 0 Å². The lowest BCUT2D eigenvalue weighted by atomic mass is 9.83. The van der Waals surface area contributed by atoms with E-state index in [4.69, 9.17) is 9.47 Å². The molecule has 2 aromatic carbocycles. The third-order valence-electron chi connectivity index (χ3n) is 6.82. The fourth-order valence-electron chi connectivity index (χ4n) is 5.14. The molecule has 0 radical (unpaired) electrons. The highest BCUT2D eigenvalue weighted by Crippen LogP contribution is 2.65. The first-order valence-corrected chi connectivity index (χ1v) is 10.6. The predicted octanol–water partition coefficient (Wildman–Crippen LogP) is 4.70. The molecule has 5 heteroatoms. The van der Waals surface area contributed by atoms with Gasteiger partial charge in [0.2, 0.25) is 0 Å². The van der Waals surface area contributed by atoms with Crippen LogP contribution in [0.5, 0.6) is 0 Å². The Bertz CT molecular complexity index is 1360. The van der Waals surface area contributed by atoms with Gasteiger partial charge in [-0.15, -0.1) is 0 Å². The molecule has 1 saturated carbocycles. The van der Waals surface area contributed by atoms with E-state index in [0.717, 1.165) is 30.6 Å². The van der Waals surface area contributed by atoms with E-state index in [9.17, 15) is 9.18 Å². The molecule has 1 aromatic heterocycles. The fraction of sp³-hybridized carbons (Fsp3) is 0.222. The molecule has 1 aliphatic heterocycles. The molecule has 4 nitrogen and oxygen atoms in total. The lowest BCUT2D eigenvalue weighted by molar-refractivity contribution is 0.0600. The molecule has 3 aromatic rings. The number of aromatic nitrogens is 1. The Kier molecular flexibility index (Phi) is 3.99. The maximum atomic E-state index is 13.4. The van der Waals surface area contributed by atoms with Crippen molar-refractivity contribution in [2.24, 2.45) is 0 Å². The van der Waals surface area contributed by atoms with Gasteiger partial charge in [-0.05, 0) is 72.5 Å². The summed E-state index contributed by atoms with van der Waals surface area (Å²) in [5.41, 5.74) is 4.70. The number of hydrogen-bond donors (Lipinski definition) is 0. The quantitative estimate of drug-likeness (QED) is 0.340. The second-order valence-electron chi connectivity index (χ2n) is 8.46. The largest absolute Gasteiger partial charge is 0.465 e. The number of carbonyl (C=O) groups excluding carboxylic acids is 1. The van der Waals surface area contributed by atoms with E-state index in [1.807, 2.05) is 18.3 Å². The van der Waals surface area contributed by atoms with Gasteiger partial charge in [-0.2, -0.15) is 0 Å². The lowest BCUT2D eigenvalue weighted by Crippen LogP contribution is -2.25. The molecule has 0 N–H and O–H groups in total. The first-order chi connectivity index (χ1) is 15.6. The minimum Gasteiger partial charge on any atom is -0.465 e. The number of benzene rings is 2. The molecule has 1 saturated heterocycles. The van der Waals surface area contributed by atoms with Crippen molar-refractivity contribution >= 4 is 12.0 Å². The van der Waals surface area contributed by atoms with E-state index >= 15 is 0 Å². The van der Waals surface area contributed by atoms with Crippen molar-refractivity contribution in [3.8, 4) is 17.5 Å². The minimum absolute atomic E-state index is 0.244. The van der Waals surface area contributed by atoms with Gasteiger partial charge in [-0.25, -0.2) is 9.18 Å². The molecule has 0 amide bonds. The number of ether oxygens (including phenoxy) is 2. The van der Waals surface area contributed by atoms with E-state index < -0.39 is 11.6 Å². The van der Waals surface area contributed by atoms with Crippen LogP contribution in [0.4, 0.5) is 4.39 Å². The van der Waals surface area contributed by atoms with Gasteiger partial charge in [0, 0.05) is 29.6 Å². The number of fused-ring (bicyclic) bond motifs is 1. The second kappa shape index (κ2) is 6.69. The summed E-state index contributed by atoms with van der Waals surface area (Å²) >= 11 is 0. The van der Waals surface area contributed by atoms with Gasteiger partial charge in [0.15, 0.2) is 5.60 Å². The molecule has 6 rings (SSSR count). The fourth-order valence-corrected chi connectivity index (χ4v) is 5.14. The summed E-state index contributed by atoms with van der Waals surface area (Å²) in [5, 5.41) is 0. The number of hydrogen-bond acceptors (Lipinski definition) is 3. The van der Waals surface area contributed by atoms with Crippen LogP contribution in [0.2, 0.25) is 0 Å². The van der Waals surface area contributed by atoms with Crippen molar-refractivity contribution in [3.05, 3.63) is 94.6 Å².